The summed E-state index contributed by atoms with van der Waals surface area (Å²) in [5.74, 6) is 0. The smallest absolute Gasteiger partial charge is 0.385 e. The average Bonchev–Trinajstić information content (AvgIpc) is 2.40. The minimum Gasteiger partial charge on any atom is -0.385 e. The molecule has 2 atom stereocenters. The summed E-state index contributed by atoms with van der Waals surface area (Å²) in [6.07, 6.45) is -0.672. The van der Waals surface area contributed by atoms with E-state index in [2.05, 4.69) is 4.90 Å². The van der Waals surface area contributed by atoms with Crippen molar-refractivity contribution < 1.29 is 18.3 Å². The number of nitrogens with zero attached hydrogens (tertiary/aromatic N) is 1. The van der Waals surface area contributed by atoms with Crippen LogP contribution in [0.15, 0.2) is 24.3 Å². The molecule has 2 aliphatic heterocycles. The minimum absolute atomic E-state index is 0.0440. The number of hydrogen-bond donors (Lipinski definition) is 1. The molecule has 2 heterocycles. The van der Waals surface area contributed by atoms with Crippen LogP contribution in [0.1, 0.15) is 43.2 Å². The normalized spacial score (nSPS) is 34.0. The highest BCUT2D eigenvalue weighted by Crippen LogP contribution is 2.46. The molecule has 2 saturated heterocycles. The lowest BCUT2D eigenvalue weighted by molar-refractivity contribution is -0.144. The maximum atomic E-state index is 13.2. The van der Waals surface area contributed by atoms with E-state index >= 15 is 0 Å². The molecular weight excluding hydrogens is 279 g/mol. The summed E-state index contributed by atoms with van der Waals surface area (Å²) in [7, 11) is 2.02. The monoisotopic (exact) mass is 299 g/mol. The number of hydrogen-bond acceptors (Lipinski definition) is 2. The lowest BCUT2D eigenvalue weighted by Gasteiger charge is -2.51. The van der Waals surface area contributed by atoms with Gasteiger partial charge in [0.2, 0.25) is 0 Å². The van der Waals surface area contributed by atoms with E-state index in [4.69, 9.17) is 0 Å². The topological polar surface area (TPSA) is 23.5 Å². The van der Waals surface area contributed by atoms with Gasteiger partial charge in [0.05, 0.1) is 11.2 Å². The van der Waals surface area contributed by atoms with Crippen LogP contribution < -0.4 is 0 Å². The molecule has 1 N–H and O–H groups in total. The van der Waals surface area contributed by atoms with Crippen molar-refractivity contribution in [3.8, 4) is 0 Å². The van der Waals surface area contributed by atoms with E-state index in [1.165, 1.54) is 12.1 Å². The average molecular weight is 299 g/mol. The Labute approximate surface area is 122 Å². The minimum atomic E-state index is -4.43. The van der Waals surface area contributed by atoms with E-state index in [0.29, 0.717) is 12.8 Å². The third-order valence-electron chi connectivity index (χ3n) is 5.11. The highest BCUT2D eigenvalue weighted by molar-refractivity contribution is 5.35. The second-order valence-corrected chi connectivity index (χ2v) is 6.39. The molecule has 2 unspecified atom stereocenters. The molecule has 5 heteroatoms. The van der Waals surface area contributed by atoms with Crippen LogP contribution in [0.5, 0.6) is 0 Å². The van der Waals surface area contributed by atoms with Crippen molar-refractivity contribution in [2.24, 2.45) is 0 Å². The molecule has 2 fully saturated rings. The Hall–Kier alpha value is -1.07. The van der Waals surface area contributed by atoms with E-state index < -0.39 is 17.3 Å². The molecular formula is C16H20F3NO. The number of halogens is 3. The van der Waals surface area contributed by atoms with Crippen molar-refractivity contribution in [1.82, 2.24) is 4.90 Å². The van der Waals surface area contributed by atoms with Gasteiger partial charge < -0.3 is 10.0 Å². The first-order valence-corrected chi connectivity index (χ1v) is 7.42. The van der Waals surface area contributed by atoms with Gasteiger partial charge in [0.15, 0.2) is 0 Å². The molecule has 2 bridgehead atoms. The van der Waals surface area contributed by atoms with Crippen LogP contribution in [0.2, 0.25) is 0 Å². The predicted octanol–water partition coefficient (Wildman–Crippen LogP) is 3.54. The van der Waals surface area contributed by atoms with E-state index in [1.807, 2.05) is 7.05 Å². The zero-order valence-electron chi connectivity index (χ0n) is 12.0. The molecule has 116 valence electrons. The zero-order valence-corrected chi connectivity index (χ0v) is 12.0. The maximum Gasteiger partial charge on any atom is 0.416 e. The fourth-order valence-corrected chi connectivity index (χ4v) is 4.01. The van der Waals surface area contributed by atoms with Gasteiger partial charge in [-0.05, 0) is 44.4 Å². The zero-order chi connectivity index (χ0) is 15.3. The lowest BCUT2D eigenvalue weighted by atomic mass is 9.72. The van der Waals surface area contributed by atoms with E-state index in [1.54, 1.807) is 6.07 Å². The first-order chi connectivity index (χ1) is 9.81. The number of fused-ring (bicyclic) bond motifs is 2. The maximum absolute atomic E-state index is 13.2. The highest BCUT2D eigenvalue weighted by Gasteiger charge is 2.48. The molecule has 0 amide bonds. The largest absolute Gasteiger partial charge is 0.416 e. The van der Waals surface area contributed by atoms with Crippen LogP contribution in [0.3, 0.4) is 0 Å². The molecule has 3 rings (SSSR count). The molecule has 1 aromatic rings. The molecule has 1 aromatic carbocycles. The van der Waals surface area contributed by atoms with Gasteiger partial charge >= 0.3 is 6.18 Å². The van der Waals surface area contributed by atoms with Crippen LogP contribution in [0.4, 0.5) is 13.2 Å². The fourth-order valence-electron chi connectivity index (χ4n) is 4.01. The molecule has 0 spiro atoms. The van der Waals surface area contributed by atoms with Crippen molar-refractivity contribution in [2.45, 2.75) is 56.0 Å². The fraction of sp³-hybridized carbons (Fsp3) is 0.625. The van der Waals surface area contributed by atoms with Gasteiger partial charge in [-0.1, -0.05) is 24.6 Å². The summed E-state index contributed by atoms with van der Waals surface area (Å²) >= 11 is 0. The second kappa shape index (κ2) is 4.99. The van der Waals surface area contributed by atoms with Crippen LogP contribution in [0.25, 0.3) is 0 Å². The quantitative estimate of drug-likeness (QED) is 0.857. The van der Waals surface area contributed by atoms with Crippen molar-refractivity contribution >= 4 is 0 Å². The molecule has 2 aliphatic rings. The van der Waals surface area contributed by atoms with E-state index in [0.717, 1.165) is 25.3 Å². The number of rotatable bonds is 1. The first-order valence-electron chi connectivity index (χ1n) is 7.42. The molecule has 0 aromatic heterocycles. The van der Waals surface area contributed by atoms with Crippen molar-refractivity contribution in [1.29, 1.82) is 0 Å². The summed E-state index contributed by atoms with van der Waals surface area (Å²) in [4.78, 5) is 2.23. The number of alkyl halides is 3. The predicted molar refractivity (Wildman–Crippen MR) is 73.8 cm³/mol. The third-order valence-corrected chi connectivity index (χ3v) is 5.11. The SMILES string of the molecule is CN1C2CCCC1CC(O)(c1ccccc1C(F)(F)F)C2. The van der Waals surface area contributed by atoms with Gasteiger partial charge in [-0.25, -0.2) is 0 Å². The molecule has 2 nitrogen and oxygen atoms in total. The van der Waals surface area contributed by atoms with Gasteiger partial charge in [0.1, 0.15) is 0 Å². The van der Waals surface area contributed by atoms with Crippen molar-refractivity contribution in [3.63, 3.8) is 0 Å². The van der Waals surface area contributed by atoms with Gasteiger partial charge in [-0.3, -0.25) is 0 Å². The summed E-state index contributed by atoms with van der Waals surface area (Å²) in [5.41, 5.74) is -2.02. The Bertz CT molecular complexity index is 514. The molecule has 0 radical (unpaired) electrons. The Morgan fingerprint density at radius 3 is 2.29 bits per heavy atom. The highest BCUT2D eigenvalue weighted by atomic mass is 19.4. The Morgan fingerprint density at radius 1 is 1.14 bits per heavy atom. The number of piperidine rings is 2. The second-order valence-electron chi connectivity index (χ2n) is 6.39. The van der Waals surface area contributed by atoms with Crippen LogP contribution in [-0.4, -0.2) is 29.1 Å². The van der Waals surface area contributed by atoms with E-state index in [-0.39, 0.29) is 17.6 Å². The Morgan fingerprint density at radius 2 is 1.71 bits per heavy atom. The summed E-state index contributed by atoms with van der Waals surface area (Å²) < 4.78 is 39.7. The van der Waals surface area contributed by atoms with Gasteiger partial charge in [0, 0.05) is 12.1 Å². The lowest BCUT2D eigenvalue weighted by Crippen LogP contribution is -2.55. The van der Waals surface area contributed by atoms with Gasteiger partial charge in [-0.15, -0.1) is 0 Å². The summed E-state index contributed by atoms with van der Waals surface area (Å²) in [6.45, 7) is 0. The number of benzene rings is 1. The summed E-state index contributed by atoms with van der Waals surface area (Å²) in [6, 6.07) is 5.81. The van der Waals surface area contributed by atoms with Crippen molar-refractivity contribution in [3.05, 3.63) is 35.4 Å². The first kappa shape index (κ1) is 14.9. The van der Waals surface area contributed by atoms with Gasteiger partial charge in [0.25, 0.3) is 0 Å². The van der Waals surface area contributed by atoms with Crippen molar-refractivity contribution in [2.75, 3.05) is 7.05 Å². The Kier molecular flexibility index (Phi) is 3.53. The molecule has 0 aliphatic carbocycles. The Balaban J connectivity index is 2.00. The van der Waals surface area contributed by atoms with Crippen LogP contribution in [-0.2, 0) is 11.8 Å². The standard InChI is InChI=1S/C16H20F3NO/c1-20-11-5-4-6-12(20)10-15(21,9-11)13-7-2-3-8-14(13)16(17,18)19/h2-3,7-8,11-12,21H,4-6,9-10H2,1H3. The van der Waals surface area contributed by atoms with Crippen LogP contribution >= 0.6 is 0 Å². The van der Waals surface area contributed by atoms with E-state index in [9.17, 15) is 18.3 Å². The molecule has 0 saturated carbocycles. The van der Waals surface area contributed by atoms with Gasteiger partial charge in [-0.2, -0.15) is 13.2 Å². The molecule has 21 heavy (non-hydrogen) atoms. The summed E-state index contributed by atoms with van der Waals surface area (Å²) in [5, 5.41) is 11.0. The van der Waals surface area contributed by atoms with Crippen LogP contribution in [0, 0.1) is 0 Å². The third kappa shape index (κ3) is 2.57. The number of aliphatic hydroxyl groups is 1.